The highest BCUT2D eigenvalue weighted by Gasteiger charge is 2.46. The fraction of sp³-hybridized carbons (Fsp3) is 0.385. The van der Waals surface area contributed by atoms with E-state index in [2.05, 4.69) is 5.32 Å². The van der Waals surface area contributed by atoms with Crippen molar-refractivity contribution in [1.29, 1.82) is 0 Å². The van der Waals surface area contributed by atoms with Crippen LogP contribution in [0.25, 0.3) is 0 Å². The first-order chi connectivity index (χ1) is 9.04. The number of imide groups is 1. The van der Waals surface area contributed by atoms with E-state index >= 15 is 0 Å². The van der Waals surface area contributed by atoms with Gasteiger partial charge in [-0.2, -0.15) is 0 Å². The van der Waals surface area contributed by atoms with Crippen molar-refractivity contribution >= 4 is 17.5 Å². The highest BCUT2D eigenvalue weighted by molar-refractivity contribution is 6.07. The van der Waals surface area contributed by atoms with Crippen LogP contribution >= 0.6 is 0 Å². The predicted octanol–water partition coefficient (Wildman–Crippen LogP) is 1.67. The lowest BCUT2D eigenvalue weighted by Gasteiger charge is -2.15. The molecule has 4 nitrogen and oxygen atoms in total. The Labute approximate surface area is 108 Å². The summed E-state index contributed by atoms with van der Waals surface area (Å²) in [5, 5.41) is 2.72. The number of anilines is 1. The van der Waals surface area contributed by atoms with Crippen molar-refractivity contribution in [2.75, 3.05) is 5.32 Å². The van der Waals surface area contributed by atoms with E-state index in [1.165, 1.54) is 4.90 Å². The third kappa shape index (κ3) is 2.30. The van der Waals surface area contributed by atoms with Crippen LogP contribution in [0.4, 0.5) is 14.5 Å². The molecule has 1 aliphatic heterocycles. The third-order valence-corrected chi connectivity index (χ3v) is 3.30. The van der Waals surface area contributed by atoms with Gasteiger partial charge in [-0.25, -0.2) is 8.78 Å². The number of hydrogen-bond acceptors (Lipinski definition) is 3. The second kappa shape index (κ2) is 4.29. The van der Waals surface area contributed by atoms with Crippen molar-refractivity contribution in [2.24, 2.45) is 0 Å². The third-order valence-electron chi connectivity index (χ3n) is 3.30. The van der Waals surface area contributed by atoms with Crippen molar-refractivity contribution in [3.8, 4) is 0 Å². The molecule has 3 rings (SSSR count). The highest BCUT2D eigenvalue weighted by Crippen LogP contribution is 2.32. The molecule has 1 heterocycles. The minimum atomic E-state index is -0.728. The van der Waals surface area contributed by atoms with Gasteiger partial charge in [-0.15, -0.1) is 0 Å². The number of nitrogens with zero attached hydrogens (tertiary/aromatic N) is 1. The van der Waals surface area contributed by atoms with Crippen molar-refractivity contribution in [3.05, 3.63) is 29.8 Å². The summed E-state index contributed by atoms with van der Waals surface area (Å²) in [6.07, 6.45) is 1.73. The number of hydrogen-bond donors (Lipinski definition) is 1. The summed E-state index contributed by atoms with van der Waals surface area (Å²) in [5.41, 5.74) is 0.168. The van der Waals surface area contributed by atoms with Crippen molar-refractivity contribution in [1.82, 2.24) is 4.90 Å². The zero-order valence-electron chi connectivity index (χ0n) is 10.0. The number of carbonyl (C=O) groups is 2. The Morgan fingerprint density at radius 3 is 2.32 bits per heavy atom. The van der Waals surface area contributed by atoms with Gasteiger partial charge in [-0.05, 0) is 25.0 Å². The molecule has 0 bridgehead atoms. The molecule has 1 N–H and O–H groups in total. The van der Waals surface area contributed by atoms with Gasteiger partial charge in [-0.3, -0.25) is 14.5 Å². The Hall–Kier alpha value is -1.98. The number of benzene rings is 1. The zero-order valence-corrected chi connectivity index (χ0v) is 10.0. The molecule has 1 aromatic carbocycles. The Kier molecular flexibility index (Phi) is 2.73. The van der Waals surface area contributed by atoms with E-state index in [-0.39, 0.29) is 30.0 Å². The molecule has 1 unspecified atom stereocenters. The molecule has 1 saturated heterocycles. The van der Waals surface area contributed by atoms with Crippen molar-refractivity contribution in [2.45, 2.75) is 31.3 Å². The molecule has 6 heteroatoms. The molecular formula is C13H12F2N2O2. The quantitative estimate of drug-likeness (QED) is 0.847. The summed E-state index contributed by atoms with van der Waals surface area (Å²) in [7, 11) is 0. The monoisotopic (exact) mass is 266 g/mol. The summed E-state index contributed by atoms with van der Waals surface area (Å²) in [6, 6.07) is 2.25. The van der Waals surface area contributed by atoms with Gasteiger partial charge in [0.2, 0.25) is 5.91 Å². The molecule has 2 fully saturated rings. The molecule has 0 spiro atoms. The SMILES string of the molecule is O=C1CC(Nc2cc(F)cc(F)c2)C(=O)N1C1CC1. The van der Waals surface area contributed by atoms with E-state index < -0.39 is 17.7 Å². The van der Waals surface area contributed by atoms with Gasteiger partial charge in [0.25, 0.3) is 5.91 Å². The van der Waals surface area contributed by atoms with Crippen LogP contribution in [-0.4, -0.2) is 28.8 Å². The minimum Gasteiger partial charge on any atom is -0.373 e. The van der Waals surface area contributed by atoms with Gasteiger partial charge in [-0.1, -0.05) is 0 Å². The zero-order chi connectivity index (χ0) is 13.6. The number of rotatable bonds is 3. The summed E-state index contributed by atoms with van der Waals surface area (Å²) in [6.45, 7) is 0. The van der Waals surface area contributed by atoms with E-state index in [1.807, 2.05) is 0 Å². The predicted molar refractivity (Wildman–Crippen MR) is 63.3 cm³/mol. The second-order valence-corrected chi connectivity index (χ2v) is 4.89. The van der Waals surface area contributed by atoms with E-state index in [0.717, 1.165) is 31.0 Å². The van der Waals surface area contributed by atoms with Crippen LogP contribution in [-0.2, 0) is 9.59 Å². The number of amides is 2. The maximum atomic E-state index is 13.0. The molecule has 1 aromatic rings. The molecule has 19 heavy (non-hydrogen) atoms. The molecule has 1 atom stereocenters. The van der Waals surface area contributed by atoms with Gasteiger partial charge in [0, 0.05) is 17.8 Å². The molecule has 2 amide bonds. The number of likely N-dealkylation sites (tertiary alicyclic amines) is 1. The van der Waals surface area contributed by atoms with Gasteiger partial charge in [0.1, 0.15) is 17.7 Å². The lowest BCUT2D eigenvalue weighted by atomic mass is 10.2. The van der Waals surface area contributed by atoms with E-state index in [1.54, 1.807) is 0 Å². The Morgan fingerprint density at radius 1 is 1.11 bits per heavy atom. The first-order valence-electron chi connectivity index (χ1n) is 6.13. The highest BCUT2D eigenvalue weighted by atomic mass is 19.1. The fourth-order valence-electron chi connectivity index (χ4n) is 2.32. The average Bonchev–Trinajstić information content (AvgIpc) is 3.07. The van der Waals surface area contributed by atoms with E-state index in [4.69, 9.17) is 0 Å². The molecule has 0 radical (unpaired) electrons. The molecule has 0 aromatic heterocycles. The number of halogens is 2. The normalized spacial score (nSPS) is 23.1. The molecular weight excluding hydrogens is 254 g/mol. The minimum absolute atomic E-state index is 0.0241. The smallest absolute Gasteiger partial charge is 0.252 e. The topological polar surface area (TPSA) is 49.4 Å². The van der Waals surface area contributed by atoms with Crippen LogP contribution in [0.2, 0.25) is 0 Å². The fourth-order valence-corrected chi connectivity index (χ4v) is 2.32. The molecule has 1 aliphatic carbocycles. The average molecular weight is 266 g/mol. The summed E-state index contributed by atoms with van der Waals surface area (Å²) in [4.78, 5) is 25.0. The van der Waals surface area contributed by atoms with Crippen LogP contribution in [0, 0.1) is 11.6 Å². The summed E-state index contributed by atoms with van der Waals surface area (Å²) in [5.74, 6) is -1.98. The van der Waals surface area contributed by atoms with Gasteiger partial charge < -0.3 is 5.32 Å². The van der Waals surface area contributed by atoms with E-state index in [0.29, 0.717) is 0 Å². The largest absolute Gasteiger partial charge is 0.373 e. The van der Waals surface area contributed by atoms with Gasteiger partial charge in [0.05, 0.1) is 6.42 Å². The van der Waals surface area contributed by atoms with Crippen LogP contribution in [0.3, 0.4) is 0 Å². The van der Waals surface area contributed by atoms with Crippen LogP contribution in [0.1, 0.15) is 19.3 Å². The summed E-state index contributed by atoms with van der Waals surface area (Å²) < 4.78 is 26.1. The molecule has 2 aliphatic rings. The first kappa shape index (κ1) is 12.1. The summed E-state index contributed by atoms with van der Waals surface area (Å²) >= 11 is 0. The lowest BCUT2D eigenvalue weighted by molar-refractivity contribution is -0.139. The molecule has 100 valence electrons. The van der Waals surface area contributed by atoms with Crippen LogP contribution in [0.5, 0.6) is 0 Å². The Morgan fingerprint density at radius 2 is 1.74 bits per heavy atom. The molecule has 1 saturated carbocycles. The Bertz CT molecular complexity index is 537. The van der Waals surface area contributed by atoms with Gasteiger partial charge in [0.15, 0.2) is 0 Å². The van der Waals surface area contributed by atoms with Crippen LogP contribution in [0.15, 0.2) is 18.2 Å². The maximum absolute atomic E-state index is 13.0. The number of nitrogens with one attached hydrogen (secondary N) is 1. The first-order valence-corrected chi connectivity index (χ1v) is 6.13. The maximum Gasteiger partial charge on any atom is 0.252 e. The lowest BCUT2D eigenvalue weighted by Crippen LogP contribution is -2.36. The van der Waals surface area contributed by atoms with Crippen LogP contribution < -0.4 is 5.32 Å². The number of carbonyl (C=O) groups excluding carboxylic acids is 2. The Balaban J connectivity index is 1.76. The van der Waals surface area contributed by atoms with Gasteiger partial charge >= 0.3 is 0 Å². The van der Waals surface area contributed by atoms with E-state index in [9.17, 15) is 18.4 Å². The standard InChI is InChI=1S/C13H12F2N2O2/c14-7-3-8(15)5-9(4-7)16-11-6-12(18)17(13(11)19)10-1-2-10/h3-5,10-11,16H,1-2,6H2. The van der Waals surface area contributed by atoms with Crippen molar-refractivity contribution < 1.29 is 18.4 Å². The van der Waals surface area contributed by atoms with Crippen molar-refractivity contribution in [3.63, 3.8) is 0 Å². The second-order valence-electron chi connectivity index (χ2n) is 4.89.